The molecule has 1 saturated heterocycles. The maximum absolute atomic E-state index is 13.1. The van der Waals surface area contributed by atoms with Crippen molar-refractivity contribution in [2.75, 3.05) is 20.3 Å². The number of aliphatic carboxylic acids is 1. The second-order valence-electron chi connectivity index (χ2n) is 4.71. The number of carbonyl (C=O) groups is 1. The van der Waals surface area contributed by atoms with Crippen LogP contribution in [0.25, 0.3) is 0 Å². The predicted octanol–water partition coefficient (Wildman–Crippen LogP) is 2.12. The Morgan fingerprint density at radius 1 is 1.58 bits per heavy atom. The number of nitrogens with zero attached hydrogens (tertiary/aromatic N) is 1. The van der Waals surface area contributed by atoms with E-state index >= 15 is 0 Å². The van der Waals surface area contributed by atoms with Gasteiger partial charge in [0, 0.05) is 12.6 Å². The minimum atomic E-state index is -0.838. The number of carboxylic acids is 1. The molecule has 1 aliphatic rings. The Kier molecular flexibility index (Phi) is 4.54. The van der Waals surface area contributed by atoms with E-state index in [1.165, 1.54) is 6.07 Å². The molecule has 19 heavy (non-hydrogen) atoms. The fourth-order valence-electron chi connectivity index (χ4n) is 2.26. The molecule has 0 saturated carbocycles. The van der Waals surface area contributed by atoms with Crippen LogP contribution in [0.4, 0.5) is 4.39 Å². The first-order chi connectivity index (χ1) is 8.99. The van der Waals surface area contributed by atoms with Crippen molar-refractivity contribution in [3.8, 4) is 0 Å². The highest BCUT2D eigenvalue weighted by Crippen LogP contribution is 2.22. The van der Waals surface area contributed by atoms with Crippen LogP contribution in [0.2, 0.25) is 0 Å². The second kappa shape index (κ2) is 5.98. The van der Waals surface area contributed by atoms with Gasteiger partial charge in [-0.2, -0.15) is 0 Å². The van der Waals surface area contributed by atoms with Crippen molar-refractivity contribution in [3.05, 3.63) is 34.1 Å². The molecule has 2 unspecified atom stereocenters. The third kappa shape index (κ3) is 3.32. The summed E-state index contributed by atoms with van der Waals surface area (Å²) < 4.78 is 18.8. The molecule has 0 aromatic heterocycles. The molecular formula is C13H15BrFNO3. The third-order valence-electron chi connectivity index (χ3n) is 3.35. The Labute approximate surface area is 119 Å². The molecule has 2 rings (SSSR count). The molecule has 1 fully saturated rings. The summed E-state index contributed by atoms with van der Waals surface area (Å²) >= 11 is 3.14. The Morgan fingerprint density at radius 2 is 2.32 bits per heavy atom. The second-order valence-corrected chi connectivity index (χ2v) is 5.57. The predicted molar refractivity (Wildman–Crippen MR) is 71.3 cm³/mol. The zero-order valence-corrected chi connectivity index (χ0v) is 12.1. The van der Waals surface area contributed by atoms with Gasteiger partial charge in [-0.15, -0.1) is 0 Å². The first-order valence-electron chi connectivity index (χ1n) is 5.93. The van der Waals surface area contributed by atoms with Gasteiger partial charge >= 0.3 is 5.97 Å². The molecule has 4 nitrogen and oxygen atoms in total. The van der Waals surface area contributed by atoms with Gasteiger partial charge in [-0.3, -0.25) is 9.69 Å². The Bertz CT molecular complexity index is 483. The number of benzene rings is 1. The van der Waals surface area contributed by atoms with Crippen LogP contribution < -0.4 is 0 Å². The molecule has 0 radical (unpaired) electrons. The van der Waals surface area contributed by atoms with Crippen LogP contribution in [0.3, 0.4) is 0 Å². The topological polar surface area (TPSA) is 49.8 Å². The summed E-state index contributed by atoms with van der Waals surface area (Å²) in [5.41, 5.74) is 0.923. The minimum Gasteiger partial charge on any atom is -0.481 e. The van der Waals surface area contributed by atoms with E-state index in [1.54, 1.807) is 12.1 Å². The van der Waals surface area contributed by atoms with Gasteiger partial charge < -0.3 is 9.84 Å². The summed E-state index contributed by atoms with van der Waals surface area (Å²) in [6, 6.07) is 4.65. The number of halogens is 2. The summed E-state index contributed by atoms with van der Waals surface area (Å²) in [5, 5.41) is 9.12. The lowest BCUT2D eigenvalue weighted by Crippen LogP contribution is -2.40. The Hall–Kier alpha value is -0.980. The van der Waals surface area contributed by atoms with Crippen molar-refractivity contribution >= 4 is 21.9 Å². The average Bonchev–Trinajstić information content (AvgIpc) is 2.83. The quantitative estimate of drug-likeness (QED) is 0.918. The zero-order chi connectivity index (χ0) is 14.0. The van der Waals surface area contributed by atoms with Gasteiger partial charge in [0.15, 0.2) is 0 Å². The first-order valence-corrected chi connectivity index (χ1v) is 6.73. The molecule has 0 bridgehead atoms. The van der Waals surface area contributed by atoms with Gasteiger partial charge in [-0.1, -0.05) is 6.07 Å². The van der Waals surface area contributed by atoms with Crippen LogP contribution in [0.1, 0.15) is 5.56 Å². The molecule has 0 spiro atoms. The van der Waals surface area contributed by atoms with Gasteiger partial charge in [0.05, 0.1) is 23.6 Å². The molecule has 6 heteroatoms. The van der Waals surface area contributed by atoms with Gasteiger partial charge in [-0.25, -0.2) is 4.39 Å². The summed E-state index contributed by atoms with van der Waals surface area (Å²) in [5.74, 6) is -1.65. The van der Waals surface area contributed by atoms with Crippen molar-refractivity contribution < 1.29 is 19.0 Å². The summed E-state index contributed by atoms with van der Waals surface area (Å²) in [7, 11) is 1.85. The van der Waals surface area contributed by atoms with Crippen LogP contribution in [-0.2, 0) is 16.1 Å². The van der Waals surface area contributed by atoms with Crippen LogP contribution >= 0.6 is 15.9 Å². The lowest BCUT2D eigenvalue weighted by atomic mass is 10.0. The van der Waals surface area contributed by atoms with E-state index < -0.39 is 11.9 Å². The van der Waals surface area contributed by atoms with E-state index in [2.05, 4.69) is 15.9 Å². The first kappa shape index (κ1) is 14.4. The van der Waals surface area contributed by atoms with Crippen molar-refractivity contribution in [1.29, 1.82) is 0 Å². The van der Waals surface area contributed by atoms with Crippen LogP contribution in [-0.4, -0.2) is 42.3 Å². The number of ether oxygens (including phenoxy) is 1. The molecule has 0 aliphatic carbocycles. The lowest BCUT2D eigenvalue weighted by molar-refractivity contribution is -0.143. The van der Waals surface area contributed by atoms with E-state index in [-0.39, 0.29) is 18.5 Å². The van der Waals surface area contributed by atoms with E-state index in [0.29, 0.717) is 17.6 Å². The Balaban J connectivity index is 2.05. The fourth-order valence-corrected chi connectivity index (χ4v) is 2.68. The molecule has 0 amide bonds. The number of hydrogen-bond donors (Lipinski definition) is 1. The third-order valence-corrected chi connectivity index (χ3v) is 3.96. The molecule has 2 atom stereocenters. The van der Waals surface area contributed by atoms with Crippen LogP contribution in [0, 0.1) is 11.7 Å². The highest BCUT2D eigenvalue weighted by atomic mass is 79.9. The van der Waals surface area contributed by atoms with E-state index in [0.717, 1.165) is 5.56 Å². The highest BCUT2D eigenvalue weighted by Gasteiger charge is 2.36. The van der Waals surface area contributed by atoms with Crippen molar-refractivity contribution in [3.63, 3.8) is 0 Å². The SMILES string of the molecule is CN(Cc1ccc(F)c(Br)c1)C1COCC1C(=O)O. The summed E-state index contributed by atoms with van der Waals surface area (Å²) in [4.78, 5) is 13.0. The largest absolute Gasteiger partial charge is 0.481 e. The fraction of sp³-hybridized carbons (Fsp3) is 0.462. The molecule has 1 N–H and O–H groups in total. The van der Waals surface area contributed by atoms with Gasteiger partial charge in [-0.05, 0) is 40.7 Å². The van der Waals surface area contributed by atoms with E-state index in [4.69, 9.17) is 9.84 Å². The number of carboxylic acid groups (broad SMARTS) is 1. The van der Waals surface area contributed by atoms with Crippen LogP contribution in [0.15, 0.2) is 22.7 Å². The summed E-state index contributed by atoms with van der Waals surface area (Å²) in [6.45, 7) is 1.21. The summed E-state index contributed by atoms with van der Waals surface area (Å²) in [6.07, 6.45) is 0. The molecule has 1 aliphatic heterocycles. The standard InChI is InChI=1S/C13H15BrFNO3/c1-16(12-7-19-6-9(12)13(17)18)5-8-2-3-11(15)10(14)4-8/h2-4,9,12H,5-7H2,1H3,(H,17,18). The normalized spacial score (nSPS) is 22.9. The van der Waals surface area contributed by atoms with Gasteiger partial charge in [0.2, 0.25) is 0 Å². The monoisotopic (exact) mass is 331 g/mol. The Morgan fingerprint density at radius 3 is 2.95 bits per heavy atom. The lowest BCUT2D eigenvalue weighted by Gasteiger charge is -2.26. The van der Waals surface area contributed by atoms with Crippen molar-refractivity contribution in [1.82, 2.24) is 4.90 Å². The maximum atomic E-state index is 13.1. The van der Waals surface area contributed by atoms with E-state index in [9.17, 15) is 9.18 Å². The van der Waals surface area contributed by atoms with Crippen molar-refractivity contribution in [2.24, 2.45) is 5.92 Å². The van der Waals surface area contributed by atoms with Gasteiger partial charge in [0.1, 0.15) is 5.82 Å². The van der Waals surface area contributed by atoms with Crippen LogP contribution in [0.5, 0.6) is 0 Å². The molecule has 1 heterocycles. The van der Waals surface area contributed by atoms with Crippen molar-refractivity contribution in [2.45, 2.75) is 12.6 Å². The smallest absolute Gasteiger partial charge is 0.310 e. The maximum Gasteiger partial charge on any atom is 0.310 e. The number of rotatable bonds is 4. The molecule has 1 aromatic rings. The number of likely N-dealkylation sites (N-methyl/N-ethyl adjacent to an activating group) is 1. The van der Waals surface area contributed by atoms with E-state index in [1.807, 2.05) is 11.9 Å². The number of hydrogen-bond acceptors (Lipinski definition) is 3. The highest BCUT2D eigenvalue weighted by molar-refractivity contribution is 9.10. The minimum absolute atomic E-state index is 0.152. The molecule has 1 aromatic carbocycles. The molecule has 104 valence electrons. The average molecular weight is 332 g/mol. The molecular weight excluding hydrogens is 317 g/mol. The zero-order valence-electron chi connectivity index (χ0n) is 10.5. The van der Waals surface area contributed by atoms with Gasteiger partial charge in [0.25, 0.3) is 0 Å².